The molecule has 0 heterocycles. The molecule has 146 valence electrons. The van der Waals surface area contributed by atoms with Crippen LogP contribution in [-0.2, 0) is 11.2 Å². The van der Waals surface area contributed by atoms with Gasteiger partial charge in [-0.2, -0.15) is 0 Å². The van der Waals surface area contributed by atoms with Crippen molar-refractivity contribution in [1.82, 2.24) is 4.90 Å². The molecule has 2 aromatic rings. The normalized spacial score (nSPS) is 11.6. The SMILES string of the molecule is CC(C)(C)N(CCCOc1ccc(Cc2ccccc2)cc1)CCC(=O)O. The molecule has 0 unspecified atom stereocenters. The fraction of sp³-hybridized carbons (Fsp3) is 0.435. The van der Waals surface area contributed by atoms with Gasteiger partial charge in [0.1, 0.15) is 5.75 Å². The summed E-state index contributed by atoms with van der Waals surface area (Å²) in [5.74, 6) is 0.121. The maximum Gasteiger partial charge on any atom is 0.304 e. The van der Waals surface area contributed by atoms with Crippen molar-refractivity contribution in [3.8, 4) is 5.75 Å². The summed E-state index contributed by atoms with van der Waals surface area (Å²) >= 11 is 0. The van der Waals surface area contributed by atoms with Gasteiger partial charge in [0.25, 0.3) is 0 Å². The second-order valence-corrected chi connectivity index (χ2v) is 7.81. The number of hydrogen-bond donors (Lipinski definition) is 1. The van der Waals surface area contributed by atoms with Gasteiger partial charge >= 0.3 is 5.97 Å². The second kappa shape index (κ2) is 10.1. The Morgan fingerprint density at radius 3 is 2.19 bits per heavy atom. The third-order valence-electron chi connectivity index (χ3n) is 4.56. The number of carboxylic acids is 1. The smallest absolute Gasteiger partial charge is 0.304 e. The van der Waals surface area contributed by atoms with Gasteiger partial charge in [-0.05, 0) is 56.9 Å². The van der Waals surface area contributed by atoms with E-state index in [1.165, 1.54) is 11.1 Å². The van der Waals surface area contributed by atoms with Gasteiger partial charge < -0.3 is 9.84 Å². The van der Waals surface area contributed by atoms with Crippen LogP contribution in [0.15, 0.2) is 54.6 Å². The Balaban J connectivity index is 1.76. The molecule has 1 N–H and O–H groups in total. The Hall–Kier alpha value is -2.33. The molecule has 0 spiro atoms. The molecule has 4 nitrogen and oxygen atoms in total. The van der Waals surface area contributed by atoms with E-state index in [1.54, 1.807) is 0 Å². The lowest BCUT2D eigenvalue weighted by Gasteiger charge is -2.35. The molecule has 0 aromatic heterocycles. The van der Waals surface area contributed by atoms with Gasteiger partial charge in [-0.3, -0.25) is 9.69 Å². The van der Waals surface area contributed by atoms with Crippen LogP contribution < -0.4 is 4.74 Å². The van der Waals surface area contributed by atoms with Crippen molar-refractivity contribution in [3.05, 3.63) is 65.7 Å². The van der Waals surface area contributed by atoms with Crippen LogP contribution in [0.5, 0.6) is 5.75 Å². The molecule has 0 saturated heterocycles. The first-order chi connectivity index (χ1) is 12.8. The number of nitrogens with zero attached hydrogens (tertiary/aromatic N) is 1. The van der Waals surface area contributed by atoms with Crippen LogP contribution in [0.3, 0.4) is 0 Å². The standard InChI is InChI=1S/C23H31NO3/c1-23(2,3)24(16-14-22(25)26)15-7-17-27-21-12-10-20(11-13-21)18-19-8-5-4-6-9-19/h4-6,8-13H,7,14-18H2,1-3H3,(H,25,26). The number of ether oxygens (including phenoxy) is 1. The molecule has 0 saturated carbocycles. The molecule has 0 amide bonds. The molecule has 0 radical (unpaired) electrons. The molecule has 4 heteroatoms. The lowest BCUT2D eigenvalue weighted by molar-refractivity contribution is -0.137. The fourth-order valence-electron chi connectivity index (χ4n) is 2.99. The van der Waals surface area contributed by atoms with Crippen LogP contribution in [0.1, 0.15) is 44.7 Å². The molecule has 2 aromatic carbocycles. The van der Waals surface area contributed by atoms with E-state index in [2.05, 4.69) is 62.1 Å². The van der Waals surface area contributed by atoms with Crippen LogP contribution in [-0.4, -0.2) is 41.2 Å². The van der Waals surface area contributed by atoms with E-state index in [1.807, 2.05) is 18.2 Å². The average molecular weight is 370 g/mol. The van der Waals surface area contributed by atoms with Gasteiger partial charge in [0.2, 0.25) is 0 Å². The highest BCUT2D eigenvalue weighted by Gasteiger charge is 2.21. The van der Waals surface area contributed by atoms with Gasteiger partial charge in [-0.15, -0.1) is 0 Å². The van der Waals surface area contributed by atoms with Crippen molar-refractivity contribution in [2.75, 3.05) is 19.7 Å². The number of hydrogen-bond acceptors (Lipinski definition) is 3. The van der Waals surface area contributed by atoms with Crippen molar-refractivity contribution in [2.24, 2.45) is 0 Å². The lowest BCUT2D eigenvalue weighted by Crippen LogP contribution is -2.43. The van der Waals surface area contributed by atoms with Gasteiger partial charge in [0, 0.05) is 18.6 Å². The first-order valence-corrected chi connectivity index (χ1v) is 9.57. The zero-order valence-corrected chi connectivity index (χ0v) is 16.6. The molecular weight excluding hydrogens is 338 g/mol. The molecular formula is C23H31NO3. The summed E-state index contributed by atoms with van der Waals surface area (Å²) in [6.45, 7) is 8.34. The van der Waals surface area contributed by atoms with Gasteiger partial charge in [-0.25, -0.2) is 0 Å². The minimum Gasteiger partial charge on any atom is -0.494 e. The Bertz CT molecular complexity index is 690. The van der Waals surface area contributed by atoms with Gasteiger partial charge in [0.15, 0.2) is 0 Å². The summed E-state index contributed by atoms with van der Waals surface area (Å²) < 4.78 is 5.86. The van der Waals surface area contributed by atoms with E-state index in [0.29, 0.717) is 13.2 Å². The van der Waals surface area contributed by atoms with Crippen LogP contribution in [0.4, 0.5) is 0 Å². The second-order valence-electron chi connectivity index (χ2n) is 7.81. The largest absolute Gasteiger partial charge is 0.494 e. The summed E-state index contributed by atoms with van der Waals surface area (Å²) in [6, 6.07) is 18.7. The first kappa shape index (κ1) is 21.0. The third kappa shape index (κ3) is 7.83. The summed E-state index contributed by atoms with van der Waals surface area (Å²) in [5, 5.41) is 8.91. The summed E-state index contributed by atoms with van der Waals surface area (Å²) in [4.78, 5) is 13.0. The highest BCUT2D eigenvalue weighted by molar-refractivity contribution is 5.66. The summed E-state index contributed by atoms with van der Waals surface area (Å²) in [5.41, 5.74) is 2.52. The first-order valence-electron chi connectivity index (χ1n) is 9.57. The lowest BCUT2D eigenvalue weighted by atomic mass is 10.1. The van der Waals surface area contributed by atoms with Crippen molar-refractivity contribution >= 4 is 5.97 Å². The summed E-state index contributed by atoms with van der Waals surface area (Å²) in [7, 11) is 0. The Morgan fingerprint density at radius 2 is 1.59 bits per heavy atom. The van der Waals surface area contributed by atoms with E-state index in [4.69, 9.17) is 9.84 Å². The van der Waals surface area contributed by atoms with E-state index in [9.17, 15) is 4.79 Å². The molecule has 0 atom stereocenters. The zero-order valence-electron chi connectivity index (χ0n) is 16.6. The number of aliphatic carboxylic acids is 1. The average Bonchev–Trinajstić information content (AvgIpc) is 2.62. The van der Waals surface area contributed by atoms with Gasteiger partial charge in [0.05, 0.1) is 13.0 Å². The maximum absolute atomic E-state index is 10.8. The molecule has 0 fully saturated rings. The zero-order chi connectivity index (χ0) is 19.7. The maximum atomic E-state index is 10.8. The number of carbonyl (C=O) groups is 1. The minimum atomic E-state index is -0.754. The molecule has 27 heavy (non-hydrogen) atoms. The van der Waals surface area contributed by atoms with Crippen LogP contribution in [0, 0.1) is 0 Å². The number of rotatable bonds is 10. The third-order valence-corrected chi connectivity index (χ3v) is 4.56. The van der Waals surface area contributed by atoms with E-state index < -0.39 is 5.97 Å². The highest BCUT2D eigenvalue weighted by atomic mass is 16.5. The van der Waals surface area contributed by atoms with Crippen molar-refractivity contribution in [1.29, 1.82) is 0 Å². The molecule has 0 aliphatic rings. The van der Waals surface area contributed by atoms with Crippen LogP contribution in [0.2, 0.25) is 0 Å². The Kier molecular flexibility index (Phi) is 7.86. The number of benzene rings is 2. The van der Waals surface area contributed by atoms with Crippen molar-refractivity contribution in [2.45, 2.75) is 45.6 Å². The monoisotopic (exact) mass is 369 g/mol. The highest BCUT2D eigenvalue weighted by Crippen LogP contribution is 2.17. The van der Waals surface area contributed by atoms with E-state index in [0.717, 1.165) is 25.1 Å². The van der Waals surface area contributed by atoms with Gasteiger partial charge in [-0.1, -0.05) is 42.5 Å². The molecule has 0 aliphatic carbocycles. The Labute approximate surface area is 162 Å². The Morgan fingerprint density at radius 1 is 0.963 bits per heavy atom. The van der Waals surface area contributed by atoms with Crippen LogP contribution >= 0.6 is 0 Å². The topological polar surface area (TPSA) is 49.8 Å². The minimum absolute atomic E-state index is 0.0471. The number of carboxylic acid groups (broad SMARTS) is 1. The van der Waals surface area contributed by atoms with E-state index in [-0.39, 0.29) is 12.0 Å². The van der Waals surface area contributed by atoms with Crippen LogP contribution in [0.25, 0.3) is 0 Å². The predicted octanol–water partition coefficient (Wildman–Crippen LogP) is 4.62. The predicted molar refractivity (Wildman–Crippen MR) is 109 cm³/mol. The van der Waals surface area contributed by atoms with Crippen molar-refractivity contribution in [3.63, 3.8) is 0 Å². The quantitative estimate of drug-likeness (QED) is 0.621. The molecule has 0 aliphatic heterocycles. The van der Waals surface area contributed by atoms with E-state index >= 15 is 0 Å². The fourth-order valence-corrected chi connectivity index (χ4v) is 2.99. The van der Waals surface area contributed by atoms with Crippen molar-refractivity contribution < 1.29 is 14.6 Å². The summed E-state index contributed by atoms with van der Waals surface area (Å²) in [6.07, 6.45) is 1.95. The molecule has 2 rings (SSSR count). The molecule has 0 bridgehead atoms.